The van der Waals surface area contributed by atoms with Gasteiger partial charge in [0.1, 0.15) is 0 Å². The maximum atomic E-state index is 13.0. The molecule has 2 heterocycles. The van der Waals surface area contributed by atoms with E-state index in [9.17, 15) is 9.59 Å². The predicted molar refractivity (Wildman–Crippen MR) is 113 cm³/mol. The molecule has 2 aromatic carbocycles. The lowest BCUT2D eigenvalue weighted by Crippen LogP contribution is -2.36. The maximum absolute atomic E-state index is 13.0. The summed E-state index contributed by atoms with van der Waals surface area (Å²) in [6.07, 6.45) is 4.16. The van der Waals surface area contributed by atoms with E-state index in [4.69, 9.17) is 0 Å². The quantitative estimate of drug-likeness (QED) is 0.711. The fourth-order valence-corrected chi connectivity index (χ4v) is 3.48. The number of carbonyl (C=O) groups is 2. The summed E-state index contributed by atoms with van der Waals surface area (Å²) < 4.78 is 0. The van der Waals surface area contributed by atoms with Crippen LogP contribution < -0.4 is 10.6 Å². The molecule has 6 heteroatoms. The smallest absolute Gasteiger partial charge is 0.255 e. The summed E-state index contributed by atoms with van der Waals surface area (Å²) in [7, 11) is 0. The number of hydrogen-bond acceptors (Lipinski definition) is 4. The van der Waals surface area contributed by atoms with Crippen LogP contribution >= 0.6 is 0 Å². The number of benzene rings is 2. The molecular formula is C23H22N4O2. The van der Waals surface area contributed by atoms with Crippen LogP contribution in [0, 0.1) is 0 Å². The molecule has 0 unspecified atom stereocenters. The van der Waals surface area contributed by atoms with Crippen LogP contribution in [0.2, 0.25) is 0 Å². The molecule has 0 fully saturated rings. The number of rotatable bonds is 4. The minimum Gasteiger partial charge on any atom is -0.354 e. The van der Waals surface area contributed by atoms with Crippen molar-refractivity contribution in [2.24, 2.45) is 0 Å². The Labute approximate surface area is 169 Å². The number of anilines is 3. The molecule has 146 valence electrons. The first kappa shape index (κ1) is 18.7. The van der Waals surface area contributed by atoms with Gasteiger partial charge >= 0.3 is 0 Å². The van der Waals surface area contributed by atoms with Crippen molar-refractivity contribution in [3.05, 3.63) is 83.7 Å². The molecule has 4 rings (SSSR count). The highest BCUT2D eigenvalue weighted by atomic mass is 16.2. The van der Waals surface area contributed by atoms with Gasteiger partial charge in [0, 0.05) is 37.6 Å². The fraction of sp³-hybridized carbons (Fsp3) is 0.174. The molecule has 0 aliphatic carbocycles. The largest absolute Gasteiger partial charge is 0.354 e. The lowest BCUT2D eigenvalue weighted by atomic mass is 9.99. The maximum Gasteiger partial charge on any atom is 0.255 e. The molecule has 0 atom stereocenters. The molecule has 0 saturated carbocycles. The first-order valence-corrected chi connectivity index (χ1v) is 9.54. The van der Waals surface area contributed by atoms with Crippen molar-refractivity contribution in [1.82, 2.24) is 9.88 Å². The van der Waals surface area contributed by atoms with Crippen molar-refractivity contribution >= 4 is 28.9 Å². The van der Waals surface area contributed by atoms with Gasteiger partial charge < -0.3 is 15.5 Å². The van der Waals surface area contributed by atoms with Gasteiger partial charge in [0.25, 0.3) is 5.91 Å². The van der Waals surface area contributed by atoms with E-state index in [1.54, 1.807) is 12.4 Å². The minimum absolute atomic E-state index is 0.0170. The second-order valence-electron chi connectivity index (χ2n) is 7.09. The zero-order valence-electron chi connectivity index (χ0n) is 16.2. The summed E-state index contributed by atoms with van der Waals surface area (Å²) in [5, 5.41) is 5.99. The average Bonchev–Trinajstić information content (AvgIpc) is 2.74. The number of hydrogen-bond donors (Lipinski definition) is 2. The molecule has 2 amide bonds. The molecule has 0 saturated heterocycles. The molecule has 29 heavy (non-hydrogen) atoms. The molecule has 1 aliphatic rings. The molecule has 1 aliphatic heterocycles. The number of fused-ring (bicyclic) bond motifs is 1. The molecule has 6 nitrogen and oxygen atoms in total. The van der Waals surface area contributed by atoms with Gasteiger partial charge in [0.15, 0.2) is 0 Å². The summed E-state index contributed by atoms with van der Waals surface area (Å²) in [5.41, 5.74) is 5.39. The van der Waals surface area contributed by atoms with E-state index in [-0.39, 0.29) is 11.8 Å². The van der Waals surface area contributed by atoms with E-state index in [1.807, 2.05) is 47.4 Å². The van der Waals surface area contributed by atoms with Crippen molar-refractivity contribution in [2.75, 3.05) is 17.2 Å². The SMILES string of the molecule is CC(=O)Nc1ccc(Nc2cncc(C(=O)N3CCc4ccccc4C3)c2)cc1. The van der Waals surface area contributed by atoms with E-state index in [2.05, 4.69) is 27.8 Å². The Kier molecular flexibility index (Phi) is 5.24. The number of amides is 2. The van der Waals surface area contributed by atoms with Gasteiger partial charge in [-0.25, -0.2) is 0 Å². The Morgan fingerprint density at radius 1 is 0.931 bits per heavy atom. The van der Waals surface area contributed by atoms with Gasteiger partial charge in [-0.15, -0.1) is 0 Å². The number of nitrogens with zero attached hydrogens (tertiary/aromatic N) is 2. The Bertz CT molecular complexity index is 1050. The van der Waals surface area contributed by atoms with Crippen LogP contribution in [-0.4, -0.2) is 28.2 Å². The molecule has 3 aromatic rings. The van der Waals surface area contributed by atoms with Gasteiger partial charge in [-0.05, 0) is 47.9 Å². The zero-order chi connectivity index (χ0) is 20.2. The van der Waals surface area contributed by atoms with Gasteiger partial charge in [-0.1, -0.05) is 24.3 Å². The van der Waals surface area contributed by atoms with Gasteiger partial charge in [-0.2, -0.15) is 0 Å². The van der Waals surface area contributed by atoms with E-state index in [0.29, 0.717) is 18.7 Å². The van der Waals surface area contributed by atoms with Crippen LogP contribution in [-0.2, 0) is 17.8 Å². The van der Waals surface area contributed by atoms with Crippen molar-refractivity contribution in [3.8, 4) is 0 Å². The third-order valence-corrected chi connectivity index (χ3v) is 4.90. The summed E-state index contributed by atoms with van der Waals surface area (Å²) in [4.78, 5) is 30.2. The topological polar surface area (TPSA) is 74.3 Å². The van der Waals surface area contributed by atoms with Gasteiger partial charge in [0.05, 0.1) is 17.4 Å². The van der Waals surface area contributed by atoms with Crippen molar-refractivity contribution in [3.63, 3.8) is 0 Å². The van der Waals surface area contributed by atoms with E-state index >= 15 is 0 Å². The highest BCUT2D eigenvalue weighted by molar-refractivity contribution is 5.95. The molecule has 0 bridgehead atoms. The summed E-state index contributed by atoms with van der Waals surface area (Å²) in [6.45, 7) is 2.80. The molecule has 1 aromatic heterocycles. The van der Waals surface area contributed by atoms with E-state index < -0.39 is 0 Å². The van der Waals surface area contributed by atoms with Crippen molar-refractivity contribution < 1.29 is 9.59 Å². The van der Waals surface area contributed by atoms with Crippen LogP contribution in [0.5, 0.6) is 0 Å². The monoisotopic (exact) mass is 386 g/mol. The van der Waals surface area contributed by atoms with Crippen LogP contribution in [0.3, 0.4) is 0 Å². The summed E-state index contributed by atoms with van der Waals surface area (Å²) in [6, 6.07) is 17.4. The summed E-state index contributed by atoms with van der Waals surface area (Å²) in [5.74, 6) is -0.127. The number of carbonyl (C=O) groups excluding carboxylic acids is 2. The third kappa shape index (κ3) is 4.43. The van der Waals surface area contributed by atoms with E-state index in [1.165, 1.54) is 18.1 Å². The van der Waals surface area contributed by atoms with Crippen molar-refractivity contribution in [2.45, 2.75) is 19.9 Å². The van der Waals surface area contributed by atoms with Crippen LogP contribution in [0.25, 0.3) is 0 Å². The standard InChI is InChI=1S/C23H22N4O2/c1-16(28)25-20-6-8-21(9-7-20)26-22-12-19(13-24-14-22)23(29)27-11-10-17-4-2-3-5-18(17)15-27/h2-9,12-14,26H,10-11,15H2,1H3,(H,25,28). The second-order valence-corrected chi connectivity index (χ2v) is 7.09. The Hall–Kier alpha value is -3.67. The zero-order valence-corrected chi connectivity index (χ0v) is 16.2. The number of nitrogens with one attached hydrogen (secondary N) is 2. The Balaban J connectivity index is 1.46. The highest BCUT2D eigenvalue weighted by Gasteiger charge is 2.21. The molecule has 0 radical (unpaired) electrons. The predicted octanol–water partition coefficient (Wildman–Crippen LogP) is 3.98. The minimum atomic E-state index is -0.110. The number of pyridine rings is 1. The third-order valence-electron chi connectivity index (χ3n) is 4.90. The second kappa shape index (κ2) is 8.14. The summed E-state index contributed by atoms with van der Waals surface area (Å²) >= 11 is 0. The lowest BCUT2D eigenvalue weighted by molar-refractivity contribution is -0.114. The van der Waals surface area contributed by atoms with Crippen molar-refractivity contribution in [1.29, 1.82) is 0 Å². The van der Waals surface area contributed by atoms with Crippen LogP contribution in [0.4, 0.5) is 17.1 Å². The average molecular weight is 386 g/mol. The normalized spacial score (nSPS) is 12.8. The van der Waals surface area contributed by atoms with Crippen LogP contribution in [0.15, 0.2) is 67.0 Å². The molecule has 0 spiro atoms. The highest BCUT2D eigenvalue weighted by Crippen LogP contribution is 2.22. The Morgan fingerprint density at radius 2 is 1.66 bits per heavy atom. The van der Waals surface area contributed by atoms with E-state index in [0.717, 1.165) is 23.5 Å². The van der Waals surface area contributed by atoms with Crippen LogP contribution in [0.1, 0.15) is 28.4 Å². The molecule has 2 N–H and O–H groups in total. The Morgan fingerprint density at radius 3 is 2.41 bits per heavy atom. The molecular weight excluding hydrogens is 364 g/mol. The lowest BCUT2D eigenvalue weighted by Gasteiger charge is -2.29. The van der Waals surface area contributed by atoms with Gasteiger partial charge in [-0.3, -0.25) is 14.6 Å². The number of aromatic nitrogens is 1. The van der Waals surface area contributed by atoms with Gasteiger partial charge in [0.2, 0.25) is 5.91 Å². The first-order valence-electron chi connectivity index (χ1n) is 9.54. The first-order chi connectivity index (χ1) is 14.1. The fourth-order valence-electron chi connectivity index (χ4n) is 3.48.